The van der Waals surface area contributed by atoms with Gasteiger partial charge in [-0.25, -0.2) is 4.68 Å². The third-order valence-electron chi connectivity index (χ3n) is 6.55. The van der Waals surface area contributed by atoms with E-state index >= 15 is 0 Å². The number of carbonyl (C=O) groups excluding carboxylic acids is 1. The summed E-state index contributed by atoms with van der Waals surface area (Å²) < 4.78 is 7.33. The largest absolute Gasteiger partial charge is 0.491 e. The highest BCUT2D eigenvalue weighted by Crippen LogP contribution is 2.51. The molecule has 2 heterocycles. The second kappa shape index (κ2) is 7.54. The molecule has 2 aromatic rings. The first kappa shape index (κ1) is 20.6. The maximum absolute atomic E-state index is 13.4. The molecule has 1 aromatic heterocycles. The highest BCUT2D eigenvalue weighted by molar-refractivity contribution is 6.00. The Morgan fingerprint density at radius 1 is 1.17 bits per heavy atom. The van der Waals surface area contributed by atoms with Crippen molar-refractivity contribution in [3.8, 4) is 5.75 Å². The van der Waals surface area contributed by atoms with Crippen LogP contribution < -0.4 is 9.64 Å². The fourth-order valence-corrected chi connectivity index (χ4v) is 4.94. The predicted molar refractivity (Wildman–Crippen MR) is 115 cm³/mol. The first-order valence-corrected chi connectivity index (χ1v) is 10.6. The summed E-state index contributed by atoms with van der Waals surface area (Å²) in [7, 11) is 1.78. The summed E-state index contributed by atoms with van der Waals surface area (Å²) in [6.07, 6.45) is 4.87. The zero-order valence-electron chi connectivity index (χ0n) is 18.0. The lowest BCUT2D eigenvalue weighted by Crippen LogP contribution is -2.43. The summed E-state index contributed by atoms with van der Waals surface area (Å²) in [5.74, 6) is 0.967. The van der Waals surface area contributed by atoms with E-state index in [4.69, 9.17) is 4.74 Å². The number of aromatic nitrogens is 3. The van der Waals surface area contributed by atoms with E-state index in [1.165, 1.54) is 0 Å². The smallest absolute Gasteiger partial charge is 0.233 e. The molecule has 1 saturated carbocycles. The standard InChI is InChI=1S/C23H30N4O3/c1-5-19-20(26(4)25-24-19)23(29)12-10-22(11-13-23)14-15-27(21(22)28)17-6-8-18(9-7-17)30-16(2)3/h5-9,16,29H,1,10-15H2,2-4H3. The van der Waals surface area contributed by atoms with Gasteiger partial charge in [-0.1, -0.05) is 11.8 Å². The second-order valence-corrected chi connectivity index (χ2v) is 8.83. The van der Waals surface area contributed by atoms with Crippen LogP contribution >= 0.6 is 0 Å². The van der Waals surface area contributed by atoms with Gasteiger partial charge in [-0.15, -0.1) is 5.10 Å². The van der Waals surface area contributed by atoms with Crippen LogP contribution in [-0.4, -0.2) is 38.7 Å². The van der Waals surface area contributed by atoms with Crippen LogP contribution in [0.2, 0.25) is 0 Å². The Kier molecular flexibility index (Phi) is 5.18. The van der Waals surface area contributed by atoms with E-state index in [0.29, 0.717) is 43.6 Å². The van der Waals surface area contributed by atoms with Crippen LogP contribution in [0.4, 0.5) is 5.69 Å². The Morgan fingerprint density at radius 2 is 1.83 bits per heavy atom. The van der Waals surface area contributed by atoms with Gasteiger partial charge in [0.15, 0.2) is 0 Å². The van der Waals surface area contributed by atoms with Gasteiger partial charge in [0, 0.05) is 19.3 Å². The first-order valence-electron chi connectivity index (χ1n) is 10.6. The van der Waals surface area contributed by atoms with Gasteiger partial charge < -0.3 is 14.7 Å². The molecule has 2 fully saturated rings. The van der Waals surface area contributed by atoms with Gasteiger partial charge in [-0.3, -0.25) is 4.79 Å². The quantitative estimate of drug-likeness (QED) is 0.817. The molecule has 1 aromatic carbocycles. The molecule has 0 bridgehead atoms. The third-order valence-corrected chi connectivity index (χ3v) is 6.55. The van der Waals surface area contributed by atoms with Gasteiger partial charge >= 0.3 is 0 Å². The monoisotopic (exact) mass is 410 g/mol. The zero-order chi connectivity index (χ0) is 21.5. The number of anilines is 1. The highest BCUT2D eigenvalue weighted by atomic mass is 16.5. The number of hydrogen-bond donors (Lipinski definition) is 1. The van der Waals surface area contributed by atoms with E-state index in [1.807, 2.05) is 43.0 Å². The number of aliphatic hydroxyl groups is 1. The van der Waals surface area contributed by atoms with Crippen molar-refractivity contribution in [1.29, 1.82) is 0 Å². The Balaban J connectivity index is 1.49. The van der Waals surface area contributed by atoms with Crippen molar-refractivity contribution in [2.75, 3.05) is 11.4 Å². The molecule has 1 saturated heterocycles. The number of rotatable bonds is 5. The highest BCUT2D eigenvalue weighted by Gasteiger charge is 2.53. The minimum absolute atomic E-state index is 0.116. The molecule has 0 unspecified atom stereocenters. The van der Waals surface area contributed by atoms with Crippen molar-refractivity contribution in [2.24, 2.45) is 12.5 Å². The van der Waals surface area contributed by atoms with E-state index < -0.39 is 11.0 Å². The van der Waals surface area contributed by atoms with Gasteiger partial charge in [-0.2, -0.15) is 0 Å². The lowest BCUT2D eigenvalue weighted by molar-refractivity contribution is -0.131. The van der Waals surface area contributed by atoms with Crippen molar-refractivity contribution in [2.45, 2.75) is 57.7 Å². The molecule has 1 aliphatic heterocycles. The number of nitrogens with zero attached hydrogens (tertiary/aromatic N) is 4. The van der Waals surface area contributed by atoms with E-state index in [0.717, 1.165) is 17.9 Å². The van der Waals surface area contributed by atoms with Gasteiger partial charge in [0.05, 0.1) is 17.2 Å². The second-order valence-electron chi connectivity index (χ2n) is 8.83. The minimum atomic E-state index is -1.03. The molecule has 2 aliphatic rings. The van der Waals surface area contributed by atoms with Crippen LogP contribution in [0, 0.1) is 5.41 Å². The van der Waals surface area contributed by atoms with Gasteiger partial charge in [-0.05, 0) is 76.3 Å². The number of aryl methyl sites for hydroxylation is 1. The number of ether oxygens (including phenoxy) is 1. The number of hydrogen-bond acceptors (Lipinski definition) is 5. The summed E-state index contributed by atoms with van der Waals surface area (Å²) in [5, 5.41) is 19.5. The fourth-order valence-electron chi connectivity index (χ4n) is 4.94. The Hall–Kier alpha value is -2.67. The Bertz CT molecular complexity index is 940. The molecule has 7 nitrogen and oxygen atoms in total. The van der Waals surface area contributed by atoms with Gasteiger partial charge in [0.2, 0.25) is 5.91 Å². The zero-order valence-corrected chi connectivity index (χ0v) is 18.0. The van der Waals surface area contributed by atoms with Gasteiger partial charge in [0.1, 0.15) is 17.0 Å². The van der Waals surface area contributed by atoms with E-state index in [1.54, 1.807) is 17.8 Å². The summed E-state index contributed by atoms with van der Waals surface area (Å²) >= 11 is 0. The molecule has 1 amide bonds. The molecule has 1 aliphatic carbocycles. The van der Waals surface area contributed by atoms with Gasteiger partial charge in [0.25, 0.3) is 0 Å². The minimum Gasteiger partial charge on any atom is -0.491 e. The maximum Gasteiger partial charge on any atom is 0.233 e. The summed E-state index contributed by atoms with van der Waals surface area (Å²) in [6.45, 7) is 8.47. The van der Waals surface area contributed by atoms with E-state index in [9.17, 15) is 9.90 Å². The number of amides is 1. The van der Waals surface area contributed by atoms with E-state index in [2.05, 4.69) is 16.9 Å². The molecule has 0 radical (unpaired) electrons. The van der Waals surface area contributed by atoms with Crippen LogP contribution in [0.15, 0.2) is 30.8 Å². The Morgan fingerprint density at radius 3 is 2.43 bits per heavy atom. The molecule has 0 atom stereocenters. The Labute approximate surface area is 177 Å². The van der Waals surface area contributed by atoms with Crippen molar-refractivity contribution >= 4 is 17.7 Å². The van der Waals surface area contributed by atoms with Crippen LogP contribution in [0.1, 0.15) is 57.3 Å². The van der Waals surface area contributed by atoms with Crippen molar-refractivity contribution in [1.82, 2.24) is 15.0 Å². The first-order chi connectivity index (χ1) is 14.3. The average molecular weight is 411 g/mol. The molecule has 30 heavy (non-hydrogen) atoms. The van der Waals surface area contributed by atoms with Crippen LogP contribution in [-0.2, 0) is 17.4 Å². The maximum atomic E-state index is 13.4. The molecule has 4 rings (SSSR count). The summed E-state index contributed by atoms with van der Waals surface area (Å²) in [6, 6.07) is 7.73. The molecular weight excluding hydrogens is 380 g/mol. The number of carbonyl (C=O) groups is 1. The molecule has 160 valence electrons. The number of benzene rings is 1. The van der Waals surface area contributed by atoms with Crippen LogP contribution in [0.25, 0.3) is 6.08 Å². The van der Waals surface area contributed by atoms with Crippen molar-refractivity contribution in [3.63, 3.8) is 0 Å². The molecular formula is C23H30N4O3. The fraction of sp³-hybridized carbons (Fsp3) is 0.522. The molecule has 1 N–H and O–H groups in total. The van der Waals surface area contributed by atoms with Crippen LogP contribution in [0.3, 0.4) is 0 Å². The topological polar surface area (TPSA) is 80.5 Å². The average Bonchev–Trinajstić information content (AvgIpc) is 3.26. The normalized spacial score (nSPS) is 26.6. The van der Waals surface area contributed by atoms with Crippen molar-refractivity contribution in [3.05, 3.63) is 42.2 Å². The molecule has 7 heteroatoms. The predicted octanol–water partition coefficient (Wildman–Crippen LogP) is 3.43. The lowest BCUT2D eigenvalue weighted by Gasteiger charge is -2.40. The van der Waals surface area contributed by atoms with Crippen molar-refractivity contribution < 1.29 is 14.6 Å². The lowest BCUT2D eigenvalue weighted by atomic mass is 9.66. The summed E-state index contributed by atoms with van der Waals surface area (Å²) in [4.78, 5) is 15.3. The molecule has 1 spiro atoms. The summed E-state index contributed by atoms with van der Waals surface area (Å²) in [5.41, 5.74) is 0.768. The van der Waals surface area contributed by atoms with Crippen LogP contribution in [0.5, 0.6) is 5.75 Å². The SMILES string of the molecule is C=Cc1nnn(C)c1C1(O)CCC2(CCN(c3ccc(OC(C)C)cc3)C2=O)CC1. The van der Waals surface area contributed by atoms with E-state index in [-0.39, 0.29) is 12.0 Å². The third kappa shape index (κ3) is 3.41.